The van der Waals surface area contributed by atoms with Crippen LogP contribution < -0.4 is 15.5 Å². The van der Waals surface area contributed by atoms with Gasteiger partial charge in [-0.25, -0.2) is 4.39 Å². The number of carbonyl (C=O) groups is 2. The molecule has 1 unspecified atom stereocenters. The van der Waals surface area contributed by atoms with Crippen LogP contribution in [0.25, 0.3) is 11.1 Å². The molecule has 0 aliphatic carbocycles. The number of likely N-dealkylation sites (N-methyl/N-ethyl adjacent to an activating group) is 1. The zero-order chi connectivity index (χ0) is 20.6. The maximum Gasteiger partial charge on any atom is 0.279 e. The number of benzene rings is 3. The summed E-state index contributed by atoms with van der Waals surface area (Å²) in [6.07, 6.45) is 0. The lowest BCUT2D eigenvalue weighted by atomic mass is 10.1. The van der Waals surface area contributed by atoms with Crippen molar-refractivity contribution < 1.29 is 18.9 Å². The highest BCUT2D eigenvalue weighted by molar-refractivity contribution is 5.93. The molecular formula is C23H23FN3O2+. The van der Waals surface area contributed by atoms with Crippen LogP contribution in [0.1, 0.15) is 0 Å². The molecule has 3 aromatic carbocycles. The number of quaternary nitrogens is 1. The summed E-state index contributed by atoms with van der Waals surface area (Å²) in [6.45, 7) is 0.230. The molecule has 3 N–H and O–H groups in total. The van der Waals surface area contributed by atoms with Crippen LogP contribution in [0.2, 0.25) is 0 Å². The molecule has 0 fully saturated rings. The van der Waals surface area contributed by atoms with Crippen LogP contribution in [0.3, 0.4) is 0 Å². The number of hydrogen-bond donors (Lipinski definition) is 3. The van der Waals surface area contributed by atoms with Crippen molar-refractivity contribution in [2.75, 3.05) is 30.8 Å². The van der Waals surface area contributed by atoms with E-state index >= 15 is 0 Å². The Balaban J connectivity index is 1.47. The zero-order valence-electron chi connectivity index (χ0n) is 16.1. The number of carbonyl (C=O) groups excluding carboxylic acids is 2. The summed E-state index contributed by atoms with van der Waals surface area (Å²) in [4.78, 5) is 25.0. The average Bonchev–Trinajstić information content (AvgIpc) is 2.69. The molecule has 0 radical (unpaired) electrons. The van der Waals surface area contributed by atoms with Crippen LogP contribution >= 0.6 is 0 Å². The van der Waals surface area contributed by atoms with Gasteiger partial charge in [-0.05, 0) is 41.5 Å². The van der Waals surface area contributed by atoms with E-state index in [-0.39, 0.29) is 24.9 Å². The van der Waals surface area contributed by atoms with Crippen molar-refractivity contribution in [3.8, 4) is 11.1 Å². The molecule has 0 saturated heterocycles. The Morgan fingerprint density at radius 2 is 1.34 bits per heavy atom. The minimum absolute atomic E-state index is 0.0941. The van der Waals surface area contributed by atoms with Gasteiger partial charge in [-0.2, -0.15) is 0 Å². The molecule has 0 aliphatic rings. The molecule has 0 saturated carbocycles. The van der Waals surface area contributed by atoms with Gasteiger partial charge < -0.3 is 15.5 Å². The van der Waals surface area contributed by atoms with Crippen LogP contribution in [-0.2, 0) is 9.59 Å². The van der Waals surface area contributed by atoms with E-state index in [0.29, 0.717) is 11.4 Å². The smallest absolute Gasteiger partial charge is 0.279 e. The van der Waals surface area contributed by atoms with Crippen molar-refractivity contribution in [1.29, 1.82) is 0 Å². The first kappa shape index (κ1) is 20.2. The summed E-state index contributed by atoms with van der Waals surface area (Å²) in [5.74, 6) is -0.886. The van der Waals surface area contributed by atoms with Crippen LogP contribution in [0.5, 0.6) is 0 Å². The van der Waals surface area contributed by atoms with Crippen molar-refractivity contribution in [3.63, 3.8) is 0 Å². The van der Waals surface area contributed by atoms with Gasteiger partial charge in [0, 0.05) is 11.4 Å². The zero-order valence-corrected chi connectivity index (χ0v) is 16.1. The summed E-state index contributed by atoms with van der Waals surface area (Å²) < 4.78 is 13.2. The normalized spacial score (nSPS) is 11.5. The molecule has 0 bridgehead atoms. The summed E-state index contributed by atoms with van der Waals surface area (Å²) in [7, 11) is 1.75. The second-order valence-corrected chi connectivity index (χ2v) is 6.86. The minimum atomic E-state index is -0.416. The van der Waals surface area contributed by atoms with Crippen LogP contribution in [0.15, 0.2) is 78.9 Å². The first-order valence-corrected chi connectivity index (χ1v) is 9.31. The van der Waals surface area contributed by atoms with Crippen LogP contribution in [0, 0.1) is 5.82 Å². The summed E-state index contributed by atoms with van der Waals surface area (Å²) in [5.41, 5.74) is 3.27. The fourth-order valence-electron chi connectivity index (χ4n) is 2.96. The third kappa shape index (κ3) is 6.26. The van der Waals surface area contributed by atoms with Gasteiger partial charge in [0.1, 0.15) is 5.82 Å². The van der Waals surface area contributed by atoms with E-state index in [2.05, 4.69) is 10.6 Å². The third-order valence-electron chi connectivity index (χ3n) is 4.31. The van der Waals surface area contributed by atoms with Crippen LogP contribution in [0.4, 0.5) is 15.8 Å². The van der Waals surface area contributed by atoms with Gasteiger partial charge in [0.25, 0.3) is 11.8 Å². The Kier molecular flexibility index (Phi) is 6.71. The average molecular weight is 392 g/mol. The Labute approximate surface area is 169 Å². The molecule has 5 nitrogen and oxygen atoms in total. The van der Waals surface area contributed by atoms with E-state index in [1.54, 1.807) is 13.1 Å². The summed E-state index contributed by atoms with van der Waals surface area (Å²) in [5, 5.41) is 5.47. The van der Waals surface area contributed by atoms with E-state index < -0.39 is 5.82 Å². The van der Waals surface area contributed by atoms with Gasteiger partial charge in [0.2, 0.25) is 0 Å². The number of amides is 2. The molecule has 148 valence electrons. The van der Waals surface area contributed by atoms with Gasteiger partial charge in [0.05, 0.1) is 7.05 Å². The number of nitrogens with one attached hydrogen (secondary N) is 3. The molecular weight excluding hydrogens is 369 g/mol. The molecule has 29 heavy (non-hydrogen) atoms. The molecule has 1 atom stereocenters. The van der Waals surface area contributed by atoms with E-state index in [4.69, 9.17) is 0 Å². The Morgan fingerprint density at radius 1 is 0.759 bits per heavy atom. The predicted molar refractivity (Wildman–Crippen MR) is 112 cm³/mol. The quantitative estimate of drug-likeness (QED) is 0.579. The lowest BCUT2D eigenvalue weighted by Crippen LogP contribution is -3.11. The first-order valence-electron chi connectivity index (χ1n) is 9.31. The van der Waals surface area contributed by atoms with E-state index in [9.17, 15) is 14.0 Å². The largest absolute Gasteiger partial charge is 0.322 e. The van der Waals surface area contributed by atoms with Crippen LogP contribution in [-0.4, -0.2) is 32.0 Å². The van der Waals surface area contributed by atoms with Gasteiger partial charge in [-0.1, -0.05) is 48.5 Å². The number of rotatable bonds is 7. The van der Waals surface area contributed by atoms with Gasteiger partial charge in [-0.3, -0.25) is 9.59 Å². The molecule has 0 heterocycles. The summed E-state index contributed by atoms with van der Waals surface area (Å²) >= 11 is 0. The van der Waals surface area contributed by atoms with E-state index in [0.717, 1.165) is 16.0 Å². The molecule has 0 aromatic heterocycles. The Morgan fingerprint density at radius 3 is 1.97 bits per heavy atom. The molecule has 6 heteroatoms. The molecule has 0 spiro atoms. The van der Waals surface area contributed by atoms with Crippen molar-refractivity contribution in [1.82, 2.24) is 0 Å². The summed E-state index contributed by atoms with van der Waals surface area (Å²) in [6, 6.07) is 23.3. The fraction of sp³-hybridized carbons (Fsp3) is 0.130. The third-order valence-corrected chi connectivity index (χ3v) is 4.31. The minimum Gasteiger partial charge on any atom is -0.322 e. The monoisotopic (exact) mass is 392 g/mol. The predicted octanol–water partition coefficient (Wildman–Crippen LogP) is 2.58. The Hall–Kier alpha value is -3.51. The maximum atomic E-state index is 13.2. The first-order chi connectivity index (χ1) is 14.0. The second-order valence-electron chi connectivity index (χ2n) is 6.86. The Bertz CT molecular complexity index is 975. The lowest BCUT2D eigenvalue weighted by Gasteiger charge is -2.14. The molecule has 0 aliphatic heterocycles. The number of hydrogen-bond acceptors (Lipinski definition) is 2. The fourth-order valence-corrected chi connectivity index (χ4v) is 2.96. The lowest BCUT2D eigenvalue weighted by molar-refractivity contribution is -0.862. The topological polar surface area (TPSA) is 62.6 Å². The van der Waals surface area contributed by atoms with Crippen molar-refractivity contribution >= 4 is 23.2 Å². The molecule has 3 aromatic rings. The number of halogens is 1. The SMILES string of the molecule is C[NH+](CC(=O)Nc1ccc(-c2ccccc2)cc1)CC(=O)Nc1cccc(F)c1. The standard InChI is InChI=1S/C23H22FN3O2/c1-27(16-23(29)26-21-9-5-8-19(24)14-21)15-22(28)25-20-12-10-18(11-13-20)17-6-3-2-4-7-17/h2-14H,15-16H2,1H3,(H,25,28)(H,26,29)/p+1. The van der Waals surface area contributed by atoms with Crippen molar-refractivity contribution in [3.05, 3.63) is 84.7 Å². The highest BCUT2D eigenvalue weighted by atomic mass is 19.1. The second kappa shape index (κ2) is 9.61. The molecule has 3 rings (SSSR count). The van der Waals surface area contributed by atoms with E-state index in [1.807, 2.05) is 54.6 Å². The van der Waals surface area contributed by atoms with Gasteiger partial charge >= 0.3 is 0 Å². The number of anilines is 2. The maximum absolute atomic E-state index is 13.2. The van der Waals surface area contributed by atoms with E-state index in [1.165, 1.54) is 18.2 Å². The highest BCUT2D eigenvalue weighted by Crippen LogP contribution is 2.20. The van der Waals surface area contributed by atoms with Gasteiger partial charge in [0.15, 0.2) is 13.1 Å². The highest BCUT2D eigenvalue weighted by Gasteiger charge is 2.14. The van der Waals surface area contributed by atoms with Crippen molar-refractivity contribution in [2.45, 2.75) is 0 Å². The molecule has 2 amide bonds. The van der Waals surface area contributed by atoms with Crippen molar-refractivity contribution in [2.24, 2.45) is 0 Å². The van der Waals surface area contributed by atoms with Gasteiger partial charge in [-0.15, -0.1) is 0 Å².